The van der Waals surface area contributed by atoms with E-state index in [0.29, 0.717) is 32.5 Å². The number of aromatic nitrogens is 1. The van der Waals surface area contributed by atoms with E-state index in [-0.39, 0.29) is 16.7 Å². The Labute approximate surface area is 164 Å². The fourth-order valence-corrected chi connectivity index (χ4v) is 5.23. The van der Waals surface area contributed by atoms with Crippen LogP contribution in [0.5, 0.6) is 0 Å². The summed E-state index contributed by atoms with van der Waals surface area (Å²) < 4.78 is 26.6. The molecule has 0 saturated carbocycles. The van der Waals surface area contributed by atoms with Gasteiger partial charge in [0.2, 0.25) is 15.9 Å². The summed E-state index contributed by atoms with van der Waals surface area (Å²) >= 11 is 1.70. The molecule has 6 nitrogen and oxygen atoms in total. The van der Waals surface area contributed by atoms with Gasteiger partial charge in [0.15, 0.2) is 0 Å². The Balaban J connectivity index is 1.43. The third-order valence-electron chi connectivity index (χ3n) is 4.51. The van der Waals surface area contributed by atoms with Crippen molar-refractivity contribution in [2.75, 3.05) is 25.4 Å². The zero-order valence-corrected chi connectivity index (χ0v) is 16.6. The van der Waals surface area contributed by atoms with Gasteiger partial charge in [-0.3, -0.25) is 9.78 Å². The third-order valence-corrected chi connectivity index (χ3v) is 7.41. The Kier molecular flexibility index (Phi) is 6.87. The van der Waals surface area contributed by atoms with Crippen molar-refractivity contribution in [3.8, 4) is 0 Å². The molecule has 1 aromatic heterocycles. The van der Waals surface area contributed by atoms with Crippen molar-refractivity contribution in [2.45, 2.75) is 22.6 Å². The molecule has 144 valence electrons. The summed E-state index contributed by atoms with van der Waals surface area (Å²) in [6.07, 6.45) is 3.98. The average Bonchev–Trinajstić information content (AvgIpc) is 2.72. The summed E-state index contributed by atoms with van der Waals surface area (Å²) in [4.78, 5) is 17.6. The molecule has 1 aliphatic heterocycles. The predicted molar refractivity (Wildman–Crippen MR) is 106 cm³/mol. The normalized spacial score (nSPS) is 16.1. The first kappa shape index (κ1) is 19.9. The number of nitrogens with zero attached hydrogens (tertiary/aromatic N) is 2. The van der Waals surface area contributed by atoms with Crippen molar-refractivity contribution < 1.29 is 13.2 Å². The van der Waals surface area contributed by atoms with Crippen LogP contribution in [0.3, 0.4) is 0 Å². The van der Waals surface area contributed by atoms with Gasteiger partial charge in [0, 0.05) is 48.6 Å². The molecule has 1 N–H and O–H groups in total. The van der Waals surface area contributed by atoms with Crippen LogP contribution in [0, 0.1) is 5.92 Å². The number of rotatable bonds is 7. The van der Waals surface area contributed by atoms with Crippen LogP contribution < -0.4 is 5.32 Å². The van der Waals surface area contributed by atoms with Gasteiger partial charge in [-0.05, 0) is 37.1 Å². The zero-order valence-electron chi connectivity index (χ0n) is 15.0. The molecule has 0 spiro atoms. The largest absolute Gasteiger partial charge is 0.355 e. The second-order valence-electron chi connectivity index (χ2n) is 6.32. The monoisotopic (exact) mass is 405 g/mol. The molecular formula is C19H23N3O3S2. The first-order valence-corrected chi connectivity index (χ1v) is 11.4. The summed E-state index contributed by atoms with van der Waals surface area (Å²) in [5, 5.41) is 2.97. The van der Waals surface area contributed by atoms with Crippen LogP contribution in [-0.4, -0.2) is 49.0 Å². The number of piperidine rings is 1. The van der Waals surface area contributed by atoms with Gasteiger partial charge >= 0.3 is 0 Å². The highest BCUT2D eigenvalue weighted by Crippen LogP contribution is 2.23. The van der Waals surface area contributed by atoms with E-state index in [9.17, 15) is 13.2 Å². The highest BCUT2D eigenvalue weighted by Gasteiger charge is 2.32. The van der Waals surface area contributed by atoms with Crippen LogP contribution >= 0.6 is 11.8 Å². The van der Waals surface area contributed by atoms with Crippen molar-refractivity contribution in [1.82, 2.24) is 14.6 Å². The number of nitrogens with one attached hydrogen (secondary N) is 1. The van der Waals surface area contributed by atoms with E-state index in [1.165, 1.54) is 15.4 Å². The van der Waals surface area contributed by atoms with Crippen LogP contribution in [0.15, 0.2) is 64.6 Å². The molecule has 8 heteroatoms. The molecule has 1 aliphatic rings. The molecule has 0 aliphatic carbocycles. The molecular weight excluding hydrogens is 382 g/mol. The quantitative estimate of drug-likeness (QED) is 0.565. The van der Waals surface area contributed by atoms with Gasteiger partial charge in [-0.2, -0.15) is 4.31 Å². The van der Waals surface area contributed by atoms with Crippen molar-refractivity contribution in [3.05, 3.63) is 54.9 Å². The zero-order chi connectivity index (χ0) is 19.1. The van der Waals surface area contributed by atoms with E-state index in [1.807, 2.05) is 30.3 Å². The Morgan fingerprint density at radius 3 is 2.56 bits per heavy atom. The summed E-state index contributed by atoms with van der Waals surface area (Å²) in [6, 6.07) is 13.2. The maximum atomic E-state index is 12.6. The van der Waals surface area contributed by atoms with E-state index in [0.717, 1.165) is 5.75 Å². The minimum atomic E-state index is -3.53. The minimum Gasteiger partial charge on any atom is -0.355 e. The Hall–Kier alpha value is -1.90. The molecule has 27 heavy (non-hydrogen) atoms. The number of carbonyl (C=O) groups is 1. The summed E-state index contributed by atoms with van der Waals surface area (Å²) in [5.74, 6) is 0.693. The number of benzene rings is 1. The Bertz CT molecular complexity index is 837. The van der Waals surface area contributed by atoms with Crippen molar-refractivity contribution in [3.63, 3.8) is 0 Å². The number of pyridine rings is 1. The maximum absolute atomic E-state index is 12.6. The smallest absolute Gasteiger partial charge is 0.244 e. The van der Waals surface area contributed by atoms with Crippen molar-refractivity contribution >= 4 is 27.7 Å². The van der Waals surface area contributed by atoms with Gasteiger partial charge in [0.25, 0.3) is 0 Å². The summed E-state index contributed by atoms with van der Waals surface area (Å²) in [5.41, 5.74) is 0. The van der Waals surface area contributed by atoms with Gasteiger partial charge in [0.05, 0.1) is 0 Å². The number of amides is 1. The standard InChI is InChI=1S/C19H23N3O3S2/c23-19(21-11-14-26-17-5-2-1-3-6-17)16-8-12-22(13-9-16)27(24,25)18-7-4-10-20-15-18/h1-7,10,15-16H,8-9,11-14H2,(H,21,23). The minimum absolute atomic E-state index is 0.0158. The maximum Gasteiger partial charge on any atom is 0.244 e. The molecule has 1 fully saturated rings. The lowest BCUT2D eigenvalue weighted by Gasteiger charge is -2.30. The van der Waals surface area contributed by atoms with E-state index in [2.05, 4.69) is 10.3 Å². The number of hydrogen-bond acceptors (Lipinski definition) is 5. The molecule has 2 aromatic rings. The molecule has 0 atom stereocenters. The highest BCUT2D eigenvalue weighted by atomic mass is 32.2. The van der Waals surface area contributed by atoms with Gasteiger partial charge < -0.3 is 5.32 Å². The van der Waals surface area contributed by atoms with Crippen molar-refractivity contribution in [2.24, 2.45) is 5.92 Å². The van der Waals surface area contributed by atoms with Gasteiger partial charge in [0.1, 0.15) is 4.90 Å². The van der Waals surface area contributed by atoms with Gasteiger partial charge in [-0.25, -0.2) is 8.42 Å². The average molecular weight is 406 g/mol. The fourth-order valence-electron chi connectivity index (χ4n) is 3.01. The summed E-state index contributed by atoms with van der Waals surface area (Å²) in [7, 11) is -3.53. The van der Waals surface area contributed by atoms with E-state index in [4.69, 9.17) is 0 Å². The molecule has 0 unspecified atom stereocenters. The van der Waals surface area contributed by atoms with Crippen LogP contribution in [-0.2, 0) is 14.8 Å². The Morgan fingerprint density at radius 1 is 1.15 bits per heavy atom. The molecule has 3 rings (SSSR count). The lowest BCUT2D eigenvalue weighted by Crippen LogP contribution is -2.43. The highest BCUT2D eigenvalue weighted by molar-refractivity contribution is 7.99. The fraction of sp³-hybridized carbons (Fsp3) is 0.368. The van der Waals surface area contributed by atoms with Crippen LogP contribution in [0.25, 0.3) is 0 Å². The van der Waals surface area contributed by atoms with E-state index < -0.39 is 10.0 Å². The van der Waals surface area contributed by atoms with Crippen LogP contribution in [0.2, 0.25) is 0 Å². The molecule has 0 radical (unpaired) electrons. The summed E-state index contributed by atoms with van der Waals surface area (Å²) in [6.45, 7) is 1.31. The molecule has 2 heterocycles. The Morgan fingerprint density at radius 2 is 1.89 bits per heavy atom. The van der Waals surface area contributed by atoms with E-state index in [1.54, 1.807) is 30.1 Å². The lowest BCUT2D eigenvalue weighted by molar-refractivity contribution is -0.125. The van der Waals surface area contributed by atoms with Crippen LogP contribution in [0.4, 0.5) is 0 Å². The van der Waals surface area contributed by atoms with Gasteiger partial charge in [-0.1, -0.05) is 18.2 Å². The van der Waals surface area contributed by atoms with Gasteiger partial charge in [-0.15, -0.1) is 11.8 Å². The lowest BCUT2D eigenvalue weighted by atomic mass is 9.97. The topological polar surface area (TPSA) is 79.4 Å². The molecule has 0 bridgehead atoms. The number of carbonyl (C=O) groups excluding carboxylic acids is 1. The second-order valence-corrected chi connectivity index (χ2v) is 9.43. The number of hydrogen-bond donors (Lipinski definition) is 1. The van der Waals surface area contributed by atoms with E-state index >= 15 is 0 Å². The first-order valence-electron chi connectivity index (χ1n) is 8.93. The van der Waals surface area contributed by atoms with Crippen molar-refractivity contribution in [1.29, 1.82) is 0 Å². The third kappa shape index (κ3) is 5.31. The first-order chi connectivity index (χ1) is 13.1. The molecule has 1 saturated heterocycles. The molecule has 1 aromatic carbocycles. The predicted octanol–water partition coefficient (Wildman–Crippen LogP) is 2.39. The van der Waals surface area contributed by atoms with Crippen LogP contribution in [0.1, 0.15) is 12.8 Å². The number of sulfonamides is 1. The number of thioether (sulfide) groups is 1. The molecule has 1 amide bonds. The second kappa shape index (κ2) is 9.34. The SMILES string of the molecule is O=C(NCCSc1ccccc1)C1CCN(S(=O)(=O)c2cccnc2)CC1.